The summed E-state index contributed by atoms with van der Waals surface area (Å²) in [7, 11) is 0. The van der Waals surface area contributed by atoms with Gasteiger partial charge in [-0.25, -0.2) is 0 Å². The molecule has 3 aliphatic rings. The Labute approximate surface area is 121 Å². The monoisotopic (exact) mass is 278 g/mol. The molecule has 0 unspecified atom stereocenters. The van der Waals surface area contributed by atoms with Gasteiger partial charge in [-0.3, -0.25) is 9.59 Å². The zero-order chi connectivity index (χ0) is 14.9. The van der Waals surface area contributed by atoms with Crippen molar-refractivity contribution < 1.29 is 9.59 Å². The van der Waals surface area contributed by atoms with Crippen LogP contribution in [0.25, 0.3) is 0 Å². The fourth-order valence-electron chi connectivity index (χ4n) is 3.47. The summed E-state index contributed by atoms with van der Waals surface area (Å²) >= 11 is 0. The fourth-order valence-corrected chi connectivity index (χ4v) is 3.47. The highest BCUT2D eigenvalue weighted by atomic mass is 16.2. The summed E-state index contributed by atoms with van der Waals surface area (Å²) < 4.78 is 0. The lowest BCUT2D eigenvalue weighted by Crippen LogP contribution is -2.53. The van der Waals surface area contributed by atoms with Crippen LogP contribution in [0.2, 0.25) is 0 Å². The molecule has 3 rings (SSSR count). The second-order valence-electron chi connectivity index (χ2n) is 6.67. The van der Waals surface area contributed by atoms with E-state index in [9.17, 15) is 9.59 Å². The van der Waals surface area contributed by atoms with Crippen molar-refractivity contribution in [2.24, 2.45) is 23.7 Å². The molecular weight excluding hydrogens is 252 g/mol. The predicted octanol–water partition coefficient (Wildman–Crippen LogP) is 1.86. The maximum Gasteiger partial charge on any atom is 0.224 e. The van der Waals surface area contributed by atoms with Crippen LogP contribution in [-0.4, -0.2) is 23.9 Å². The molecule has 1 saturated carbocycles. The van der Waals surface area contributed by atoms with E-state index in [1.807, 2.05) is 27.7 Å². The average molecular weight is 278 g/mol. The third kappa shape index (κ3) is 3.05. The molecule has 0 saturated heterocycles. The molecule has 1 fully saturated rings. The number of amides is 2. The molecule has 2 amide bonds. The number of carbonyl (C=O) groups is 2. The van der Waals surface area contributed by atoms with Crippen LogP contribution in [0.3, 0.4) is 0 Å². The van der Waals surface area contributed by atoms with E-state index in [0.717, 1.165) is 12.8 Å². The largest absolute Gasteiger partial charge is 0.354 e. The van der Waals surface area contributed by atoms with E-state index in [1.54, 1.807) is 0 Å². The van der Waals surface area contributed by atoms with Gasteiger partial charge >= 0.3 is 0 Å². The van der Waals surface area contributed by atoms with Crippen LogP contribution in [0.5, 0.6) is 0 Å². The lowest BCUT2D eigenvalue weighted by Gasteiger charge is -2.43. The Kier molecular flexibility index (Phi) is 4.51. The first-order valence-electron chi connectivity index (χ1n) is 7.69. The van der Waals surface area contributed by atoms with Gasteiger partial charge in [-0.1, -0.05) is 12.2 Å². The summed E-state index contributed by atoms with van der Waals surface area (Å²) in [6.07, 6.45) is 6.31. The van der Waals surface area contributed by atoms with Crippen molar-refractivity contribution in [2.45, 2.75) is 52.6 Å². The van der Waals surface area contributed by atoms with Crippen molar-refractivity contribution in [1.82, 2.24) is 10.6 Å². The summed E-state index contributed by atoms with van der Waals surface area (Å²) in [5, 5.41) is 5.97. The van der Waals surface area contributed by atoms with Gasteiger partial charge < -0.3 is 10.6 Å². The predicted molar refractivity (Wildman–Crippen MR) is 78.9 cm³/mol. The molecule has 4 heteroatoms. The van der Waals surface area contributed by atoms with E-state index in [0.29, 0.717) is 0 Å². The highest BCUT2D eigenvalue weighted by Gasteiger charge is 2.47. The van der Waals surface area contributed by atoms with E-state index in [4.69, 9.17) is 0 Å². The maximum absolute atomic E-state index is 12.5. The number of hydrogen-bond acceptors (Lipinski definition) is 2. The van der Waals surface area contributed by atoms with Gasteiger partial charge in [-0.2, -0.15) is 0 Å². The van der Waals surface area contributed by atoms with Crippen molar-refractivity contribution in [2.75, 3.05) is 0 Å². The van der Waals surface area contributed by atoms with E-state index in [-0.39, 0.29) is 47.6 Å². The maximum atomic E-state index is 12.5. The normalized spacial score (nSPS) is 31.7. The van der Waals surface area contributed by atoms with E-state index in [1.165, 1.54) is 0 Å². The summed E-state index contributed by atoms with van der Waals surface area (Å²) in [5.41, 5.74) is 0. The van der Waals surface area contributed by atoms with Gasteiger partial charge in [-0.05, 0) is 52.4 Å². The van der Waals surface area contributed by atoms with Gasteiger partial charge in [0.1, 0.15) is 0 Å². The van der Waals surface area contributed by atoms with Gasteiger partial charge in [0.25, 0.3) is 0 Å². The molecule has 0 aliphatic heterocycles. The smallest absolute Gasteiger partial charge is 0.224 e. The zero-order valence-corrected chi connectivity index (χ0v) is 12.8. The Morgan fingerprint density at radius 3 is 1.45 bits per heavy atom. The van der Waals surface area contributed by atoms with Crippen LogP contribution < -0.4 is 10.6 Å². The minimum absolute atomic E-state index is 0.0305. The van der Waals surface area contributed by atoms with Crippen LogP contribution in [0, 0.1) is 23.7 Å². The molecule has 2 bridgehead atoms. The topological polar surface area (TPSA) is 58.2 Å². The van der Waals surface area contributed by atoms with Gasteiger partial charge in [-0.15, -0.1) is 0 Å². The van der Waals surface area contributed by atoms with Gasteiger partial charge in [0.2, 0.25) is 11.8 Å². The van der Waals surface area contributed by atoms with Crippen LogP contribution in [0.1, 0.15) is 40.5 Å². The number of fused-ring (bicyclic) bond motifs is 2. The minimum atomic E-state index is -0.208. The van der Waals surface area contributed by atoms with Crippen LogP contribution in [0.15, 0.2) is 12.2 Å². The van der Waals surface area contributed by atoms with E-state index >= 15 is 0 Å². The molecule has 20 heavy (non-hydrogen) atoms. The standard InChI is InChI=1S/C16H26N2O2/c1-9(2)17-15(19)13-11-5-7-12(8-6-11)14(13)16(20)18-10(3)4/h5,7,9-14H,6,8H2,1-4H3,(H,17,19)(H,18,20)/t11-,12+,13-,14+. The SMILES string of the molecule is CC(C)NC(=O)[C@@H]1[C@H](C(=O)NC(C)C)[C@@H]2C=C[C@H]1CC2. The number of nitrogens with one attached hydrogen (secondary N) is 2. The van der Waals surface area contributed by atoms with E-state index < -0.39 is 0 Å². The Bertz CT molecular complexity index is 377. The van der Waals surface area contributed by atoms with Crippen molar-refractivity contribution in [3.8, 4) is 0 Å². The fraction of sp³-hybridized carbons (Fsp3) is 0.750. The first-order valence-corrected chi connectivity index (χ1v) is 7.69. The van der Waals surface area contributed by atoms with Gasteiger partial charge in [0, 0.05) is 12.1 Å². The zero-order valence-electron chi connectivity index (χ0n) is 12.8. The minimum Gasteiger partial charge on any atom is -0.354 e. The molecule has 0 aromatic rings. The lowest BCUT2D eigenvalue weighted by molar-refractivity contribution is -0.141. The number of hydrogen-bond donors (Lipinski definition) is 2. The Morgan fingerprint density at radius 1 is 0.850 bits per heavy atom. The molecule has 112 valence electrons. The molecule has 0 heterocycles. The first kappa shape index (κ1) is 15.1. The molecule has 4 nitrogen and oxygen atoms in total. The number of allylic oxidation sites excluding steroid dienone is 2. The molecule has 0 spiro atoms. The van der Waals surface area contributed by atoms with Gasteiger partial charge in [0.05, 0.1) is 11.8 Å². The molecule has 3 aliphatic carbocycles. The third-order valence-electron chi connectivity index (χ3n) is 4.22. The van der Waals surface area contributed by atoms with Crippen LogP contribution in [-0.2, 0) is 9.59 Å². The molecule has 4 atom stereocenters. The lowest BCUT2D eigenvalue weighted by atomic mass is 9.61. The Hall–Kier alpha value is -1.32. The van der Waals surface area contributed by atoms with Gasteiger partial charge in [0.15, 0.2) is 0 Å². The second kappa shape index (κ2) is 5.98. The van der Waals surface area contributed by atoms with Crippen molar-refractivity contribution in [3.05, 3.63) is 12.2 Å². The van der Waals surface area contributed by atoms with Crippen molar-refractivity contribution in [1.29, 1.82) is 0 Å². The van der Waals surface area contributed by atoms with E-state index in [2.05, 4.69) is 22.8 Å². The van der Waals surface area contributed by atoms with Crippen molar-refractivity contribution >= 4 is 11.8 Å². The third-order valence-corrected chi connectivity index (χ3v) is 4.22. The molecule has 0 aromatic carbocycles. The molecule has 0 radical (unpaired) electrons. The first-order chi connectivity index (χ1) is 9.40. The van der Waals surface area contributed by atoms with Crippen LogP contribution in [0.4, 0.5) is 0 Å². The Balaban J connectivity index is 2.19. The highest BCUT2D eigenvalue weighted by Crippen LogP contribution is 2.45. The molecular formula is C16H26N2O2. The molecule has 2 N–H and O–H groups in total. The second-order valence-corrected chi connectivity index (χ2v) is 6.67. The summed E-state index contributed by atoms with van der Waals surface area (Å²) in [4.78, 5) is 24.9. The highest BCUT2D eigenvalue weighted by molar-refractivity contribution is 5.89. The summed E-state index contributed by atoms with van der Waals surface area (Å²) in [5.74, 6) is 0.0639. The summed E-state index contributed by atoms with van der Waals surface area (Å²) in [6, 6.07) is 0.224. The average Bonchev–Trinajstić information content (AvgIpc) is 2.37. The quantitative estimate of drug-likeness (QED) is 0.771. The Morgan fingerprint density at radius 2 is 1.20 bits per heavy atom. The van der Waals surface area contributed by atoms with Crippen molar-refractivity contribution in [3.63, 3.8) is 0 Å². The number of rotatable bonds is 4. The molecule has 0 aromatic heterocycles. The number of carbonyl (C=O) groups excluding carboxylic acids is 2. The van der Waals surface area contributed by atoms with Crippen LogP contribution >= 0.6 is 0 Å². The summed E-state index contributed by atoms with van der Waals surface area (Å²) in [6.45, 7) is 7.83.